The molecule has 1 amide bonds. The van der Waals surface area contributed by atoms with Crippen LogP contribution >= 0.6 is 11.6 Å². The highest BCUT2D eigenvalue weighted by Crippen LogP contribution is 2.21. The van der Waals surface area contributed by atoms with Crippen LogP contribution in [0.1, 0.15) is 24.4 Å². The lowest BCUT2D eigenvalue weighted by Gasteiger charge is -2.20. The van der Waals surface area contributed by atoms with E-state index in [1.807, 2.05) is 0 Å². The molecule has 1 unspecified atom stereocenters. The number of rotatable bonds is 8. The molecule has 3 rings (SSSR count). The average molecular weight is 478 g/mol. The Hall–Kier alpha value is -3.21. The lowest BCUT2D eigenvalue weighted by atomic mass is 10.1. The first-order valence-corrected chi connectivity index (χ1v) is 11.3. The van der Waals surface area contributed by atoms with Crippen LogP contribution in [0.5, 0.6) is 0 Å². The van der Waals surface area contributed by atoms with Crippen LogP contribution < -0.4 is 10.0 Å². The number of nitrogens with zero attached hydrogens (tertiary/aromatic N) is 1. The minimum absolute atomic E-state index is 0.0692. The molecule has 2 aromatic carbocycles. The van der Waals surface area contributed by atoms with E-state index in [1.54, 1.807) is 37.3 Å². The van der Waals surface area contributed by atoms with E-state index < -0.39 is 34.0 Å². The number of carbonyl (C=O) groups excluding carboxylic acids is 2. The predicted octanol–water partition coefficient (Wildman–Crippen LogP) is 3.23. The summed E-state index contributed by atoms with van der Waals surface area (Å²) in [7, 11) is -4.02. The van der Waals surface area contributed by atoms with Crippen LogP contribution in [0.3, 0.4) is 0 Å². The third-order valence-corrected chi connectivity index (χ3v) is 6.07. The predicted molar refractivity (Wildman–Crippen MR) is 116 cm³/mol. The largest absolute Gasteiger partial charge is 0.446 e. The summed E-state index contributed by atoms with van der Waals surface area (Å²) in [6, 6.07) is 14.0. The minimum Gasteiger partial charge on any atom is -0.446 e. The number of carbonyl (C=O) groups is 2. The van der Waals surface area contributed by atoms with Gasteiger partial charge in [0.1, 0.15) is 11.8 Å². The fourth-order valence-corrected chi connectivity index (χ4v) is 4.02. The first kappa shape index (κ1) is 23.5. The van der Waals surface area contributed by atoms with E-state index in [9.17, 15) is 18.0 Å². The first-order chi connectivity index (χ1) is 15.2. The van der Waals surface area contributed by atoms with Gasteiger partial charge < -0.3 is 14.6 Å². The molecule has 0 aliphatic carbocycles. The van der Waals surface area contributed by atoms with Gasteiger partial charge in [-0.15, -0.1) is 0 Å². The van der Waals surface area contributed by atoms with Crippen molar-refractivity contribution < 1.29 is 27.3 Å². The SMILES string of the molecule is Cc1cc(NC(=O)C(OC(=O)[C@H](C)NS(=O)(=O)c2ccc(Cl)cc2)c2ccccc2)no1. The number of aryl methyl sites for hydroxylation is 1. The number of benzene rings is 2. The smallest absolute Gasteiger partial charge is 0.325 e. The standard InChI is InChI=1S/C21H20ClN3O6S/c1-13-12-18(24-31-13)23-20(26)19(15-6-4-3-5-7-15)30-21(27)14(2)25-32(28,29)17-10-8-16(22)9-11-17/h3-12,14,19,25H,1-2H3,(H,23,24,26)/t14-,19?/m0/s1. The van der Waals surface area contributed by atoms with Gasteiger partial charge in [-0.3, -0.25) is 9.59 Å². The summed E-state index contributed by atoms with van der Waals surface area (Å²) in [6.07, 6.45) is -1.34. The van der Waals surface area contributed by atoms with Gasteiger partial charge in [0, 0.05) is 16.7 Å². The molecule has 0 aliphatic rings. The fourth-order valence-electron chi connectivity index (χ4n) is 2.70. The van der Waals surface area contributed by atoms with Crippen LogP contribution in [0.15, 0.2) is 70.1 Å². The number of hydrogen-bond acceptors (Lipinski definition) is 7. The summed E-state index contributed by atoms with van der Waals surface area (Å²) in [5.41, 5.74) is 0.395. The van der Waals surface area contributed by atoms with Gasteiger partial charge in [-0.1, -0.05) is 47.1 Å². The molecular weight excluding hydrogens is 458 g/mol. The van der Waals surface area contributed by atoms with E-state index in [1.165, 1.54) is 37.3 Å². The number of nitrogens with one attached hydrogen (secondary N) is 2. The molecule has 9 nitrogen and oxygen atoms in total. The monoisotopic (exact) mass is 477 g/mol. The molecule has 1 aromatic heterocycles. The molecule has 1 heterocycles. The molecule has 0 aliphatic heterocycles. The summed E-state index contributed by atoms with van der Waals surface area (Å²) in [5, 5.41) is 6.57. The lowest BCUT2D eigenvalue weighted by molar-refractivity contribution is -0.156. The Morgan fingerprint density at radius 2 is 1.75 bits per heavy atom. The zero-order chi connectivity index (χ0) is 23.3. The number of halogens is 1. The van der Waals surface area contributed by atoms with Crippen LogP contribution in [0.4, 0.5) is 5.82 Å². The summed E-state index contributed by atoms with van der Waals surface area (Å²) in [5.74, 6) is -0.978. The third-order valence-electron chi connectivity index (χ3n) is 4.26. The van der Waals surface area contributed by atoms with Gasteiger partial charge >= 0.3 is 5.97 Å². The van der Waals surface area contributed by atoms with Crippen molar-refractivity contribution in [2.45, 2.75) is 30.9 Å². The van der Waals surface area contributed by atoms with E-state index in [-0.39, 0.29) is 10.7 Å². The lowest BCUT2D eigenvalue weighted by Crippen LogP contribution is -2.41. The molecule has 0 saturated heterocycles. The highest BCUT2D eigenvalue weighted by molar-refractivity contribution is 7.89. The van der Waals surface area contributed by atoms with Gasteiger partial charge in [0.05, 0.1) is 4.90 Å². The number of aromatic nitrogens is 1. The van der Waals surface area contributed by atoms with Gasteiger partial charge in [0.2, 0.25) is 16.1 Å². The maximum atomic E-state index is 12.8. The first-order valence-electron chi connectivity index (χ1n) is 9.43. The molecule has 32 heavy (non-hydrogen) atoms. The highest BCUT2D eigenvalue weighted by atomic mass is 35.5. The number of amides is 1. The van der Waals surface area contributed by atoms with Gasteiger partial charge in [-0.05, 0) is 38.1 Å². The molecule has 0 radical (unpaired) electrons. The zero-order valence-corrected chi connectivity index (χ0v) is 18.7. The molecular formula is C21H20ClN3O6S. The van der Waals surface area contributed by atoms with E-state index in [0.29, 0.717) is 16.3 Å². The molecule has 0 saturated carbocycles. The average Bonchev–Trinajstić information content (AvgIpc) is 3.16. The minimum atomic E-state index is -4.02. The van der Waals surface area contributed by atoms with Crippen LogP contribution in [-0.2, 0) is 24.3 Å². The summed E-state index contributed by atoms with van der Waals surface area (Å²) in [4.78, 5) is 25.4. The fraction of sp³-hybridized carbons (Fsp3) is 0.190. The molecule has 0 fully saturated rings. The maximum absolute atomic E-state index is 12.8. The summed E-state index contributed by atoms with van der Waals surface area (Å²) >= 11 is 5.78. The molecule has 3 aromatic rings. The van der Waals surface area contributed by atoms with Gasteiger partial charge in [0.25, 0.3) is 5.91 Å². The quantitative estimate of drug-likeness (QED) is 0.476. The summed E-state index contributed by atoms with van der Waals surface area (Å²) < 4.78 is 37.6. The van der Waals surface area contributed by atoms with Crippen molar-refractivity contribution in [2.24, 2.45) is 0 Å². The Morgan fingerprint density at radius 3 is 2.34 bits per heavy atom. The topological polar surface area (TPSA) is 128 Å². The summed E-state index contributed by atoms with van der Waals surface area (Å²) in [6.45, 7) is 2.97. The van der Waals surface area contributed by atoms with Crippen molar-refractivity contribution in [3.8, 4) is 0 Å². The van der Waals surface area contributed by atoms with Crippen LogP contribution in [0, 0.1) is 6.92 Å². The van der Waals surface area contributed by atoms with Gasteiger partial charge in [-0.2, -0.15) is 4.72 Å². The molecule has 2 N–H and O–H groups in total. The Labute approximate surface area is 189 Å². The Balaban J connectivity index is 1.75. The van der Waals surface area contributed by atoms with Crippen molar-refractivity contribution >= 4 is 39.3 Å². The molecule has 11 heteroatoms. The number of anilines is 1. The van der Waals surface area contributed by atoms with Crippen molar-refractivity contribution in [3.05, 3.63) is 77.0 Å². The molecule has 2 atom stereocenters. The van der Waals surface area contributed by atoms with Crippen LogP contribution in [0.2, 0.25) is 5.02 Å². The number of hydrogen-bond donors (Lipinski definition) is 2. The van der Waals surface area contributed by atoms with E-state index >= 15 is 0 Å². The Bertz CT molecular complexity index is 1200. The second-order valence-electron chi connectivity index (χ2n) is 6.84. The van der Waals surface area contributed by atoms with Crippen molar-refractivity contribution in [2.75, 3.05) is 5.32 Å². The van der Waals surface area contributed by atoms with Gasteiger partial charge in [-0.25, -0.2) is 8.42 Å². The molecule has 0 bridgehead atoms. The molecule has 168 valence electrons. The number of ether oxygens (including phenoxy) is 1. The second kappa shape index (κ2) is 9.94. The zero-order valence-electron chi connectivity index (χ0n) is 17.1. The second-order valence-corrected chi connectivity index (χ2v) is 8.99. The van der Waals surface area contributed by atoms with E-state index in [0.717, 1.165) is 0 Å². The Morgan fingerprint density at radius 1 is 1.09 bits per heavy atom. The normalized spacial score (nSPS) is 13.2. The van der Waals surface area contributed by atoms with E-state index in [2.05, 4.69) is 15.2 Å². The van der Waals surface area contributed by atoms with Crippen LogP contribution in [-0.4, -0.2) is 31.5 Å². The highest BCUT2D eigenvalue weighted by Gasteiger charge is 2.30. The Kier molecular flexibility index (Phi) is 7.29. The van der Waals surface area contributed by atoms with E-state index in [4.69, 9.17) is 20.9 Å². The van der Waals surface area contributed by atoms with Crippen LogP contribution in [0.25, 0.3) is 0 Å². The maximum Gasteiger partial charge on any atom is 0.325 e. The number of esters is 1. The molecule has 0 spiro atoms. The van der Waals surface area contributed by atoms with Crippen molar-refractivity contribution in [1.82, 2.24) is 9.88 Å². The van der Waals surface area contributed by atoms with Crippen molar-refractivity contribution in [1.29, 1.82) is 0 Å². The van der Waals surface area contributed by atoms with Crippen molar-refractivity contribution in [3.63, 3.8) is 0 Å². The number of sulfonamides is 1. The third kappa shape index (κ3) is 5.94. The van der Waals surface area contributed by atoms with Gasteiger partial charge in [0.15, 0.2) is 5.82 Å².